The lowest BCUT2D eigenvalue weighted by atomic mass is 10.2. The topological polar surface area (TPSA) is 196 Å². The van der Waals surface area contributed by atoms with Crippen molar-refractivity contribution < 1.29 is 21.9 Å². The van der Waals surface area contributed by atoms with Gasteiger partial charge in [0, 0.05) is 0 Å². The molecule has 2 aromatic carbocycles. The lowest BCUT2D eigenvalue weighted by Crippen LogP contribution is -2.14. The van der Waals surface area contributed by atoms with Gasteiger partial charge in [0.15, 0.2) is 5.57 Å². The SMILES string of the molecule is CS(=O)(=O)Nc1cccc(NS(=O)(=O)c2ccc(O)c(NC(C#N)=C(C#N)C#N)c2)c1. The number of nitriles is 3. The van der Waals surface area contributed by atoms with Gasteiger partial charge in [-0.25, -0.2) is 16.8 Å². The van der Waals surface area contributed by atoms with Gasteiger partial charge in [-0.15, -0.1) is 0 Å². The number of hydrogen-bond acceptors (Lipinski definition) is 9. The van der Waals surface area contributed by atoms with Crippen molar-refractivity contribution in [3.8, 4) is 24.0 Å². The van der Waals surface area contributed by atoms with Gasteiger partial charge in [-0.2, -0.15) is 15.8 Å². The summed E-state index contributed by atoms with van der Waals surface area (Å²) in [4.78, 5) is -0.318. The molecule has 0 amide bonds. The lowest BCUT2D eigenvalue weighted by Gasteiger charge is -2.12. The van der Waals surface area contributed by atoms with E-state index in [1.54, 1.807) is 6.07 Å². The molecule has 0 unspecified atom stereocenters. The van der Waals surface area contributed by atoms with Crippen LogP contribution in [0.5, 0.6) is 5.75 Å². The van der Waals surface area contributed by atoms with Crippen LogP contribution in [0.1, 0.15) is 0 Å². The van der Waals surface area contributed by atoms with Crippen molar-refractivity contribution in [1.82, 2.24) is 0 Å². The Morgan fingerprint density at radius 1 is 0.903 bits per heavy atom. The number of benzene rings is 2. The maximum atomic E-state index is 12.7. The van der Waals surface area contributed by atoms with Crippen LogP contribution in [0.3, 0.4) is 0 Å². The van der Waals surface area contributed by atoms with Gasteiger partial charge in [-0.3, -0.25) is 9.44 Å². The third kappa shape index (κ3) is 6.11. The van der Waals surface area contributed by atoms with E-state index in [2.05, 4.69) is 14.8 Å². The number of aromatic hydroxyl groups is 1. The third-order valence-electron chi connectivity index (χ3n) is 3.54. The molecule has 2 aromatic rings. The Labute approximate surface area is 178 Å². The van der Waals surface area contributed by atoms with Gasteiger partial charge in [0.1, 0.15) is 29.7 Å². The highest BCUT2D eigenvalue weighted by Crippen LogP contribution is 2.29. The molecule has 4 N–H and O–H groups in total. The largest absolute Gasteiger partial charge is 0.506 e. The fourth-order valence-corrected chi connectivity index (χ4v) is 3.91. The Kier molecular flexibility index (Phi) is 6.72. The van der Waals surface area contributed by atoms with Gasteiger partial charge >= 0.3 is 0 Å². The van der Waals surface area contributed by atoms with Crippen molar-refractivity contribution >= 4 is 37.1 Å². The van der Waals surface area contributed by atoms with E-state index in [1.165, 1.54) is 36.4 Å². The number of allylic oxidation sites excluding steroid dienone is 2. The molecule has 0 fully saturated rings. The van der Waals surface area contributed by atoms with E-state index < -0.39 is 37.1 Å². The number of sulfonamides is 2. The zero-order chi connectivity index (χ0) is 23.2. The smallest absolute Gasteiger partial charge is 0.261 e. The summed E-state index contributed by atoms with van der Waals surface area (Å²) in [7, 11) is -7.76. The number of rotatable bonds is 7. The first-order chi connectivity index (χ1) is 14.5. The Morgan fingerprint density at radius 3 is 2.06 bits per heavy atom. The molecular formula is C18H14N6O5S2. The number of nitrogens with zero attached hydrogens (tertiary/aromatic N) is 3. The van der Waals surface area contributed by atoms with Crippen LogP contribution in [0.15, 0.2) is 58.6 Å². The van der Waals surface area contributed by atoms with Crippen molar-refractivity contribution in [1.29, 1.82) is 15.8 Å². The van der Waals surface area contributed by atoms with Crippen molar-refractivity contribution in [3.05, 3.63) is 53.7 Å². The highest BCUT2D eigenvalue weighted by Gasteiger charge is 2.18. The quantitative estimate of drug-likeness (QED) is 0.353. The minimum Gasteiger partial charge on any atom is -0.506 e. The van der Waals surface area contributed by atoms with Gasteiger partial charge < -0.3 is 10.4 Å². The predicted octanol–water partition coefficient (Wildman–Crippen LogP) is 1.80. The van der Waals surface area contributed by atoms with Crippen LogP contribution in [0, 0.1) is 34.0 Å². The lowest BCUT2D eigenvalue weighted by molar-refractivity contribution is 0.477. The van der Waals surface area contributed by atoms with Gasteiger partial charge in [0.05, 0.1) is 28.2 Å². The van der Waals surface area contributed by atoms with E-state index in [9.17, 15) is 21.9 Å². The summed E-state index contributed by atoms with van der Waals surface area (Å²) in [6.45, 7) is 0. The Hall–Kier alpha value is -4.25. The maximum Gasteiger partial charge on any atom is 0.261 e. The van der Waals surface area contributed by atoms with E-state index in [0.717, 1.165) is 24.5 Å². The van der Waals surface area contributed by atoms with E-state index in [-0.39, 0.29) is 22.0 Å². The highest BCUT2D eigenvalue weighted by atomic mass is 32.2. The number of nitrogens with one attached hydrogen (secondary N) is 3. The molecule has 13 heteroatoms. The van der Waals surface area contributed by atoms with Gasteiger partial charge in [0.2, 0.25) is 10.0 Å². The number of hydrogen-bond donors (Lipinski definition) is 4. The van der Waals surface area contributed by atoms with Crippen LogP contribution >= 0.6 is 0 Å². The third-order valence-corrected chi connectivity index (χ3v) is 5.53. The van der Waals surface area contributed by atoms with Gasteiger partial charge in [-0.1, -0.05) is 6.07 Å². The summed E-state index contributed by atoms with van der Waals surface area (Å²) in [5, 5.41) is 39.2. The molecule has 0 atom stereocenters. The monoisotopic (exact) mass is 458 g/mol. The summed E-state index contributed by atoms with van der Waals surface area (Å²) in [6.07, 6.45) is 0.947. The molecule has 0 spiro atoms. The van der Waals surface area contributed by atoms with E-state index in [1.807, 2.05) is 0 Å². The van der Waals surface area contributed by atoms with Gasteiger partial charge in [0.25, 0.3) is 10.0 Å². The molecule has 0 saturated carbocycles. The number of phenols is 1. The molecule has 0 aliphatic heterocycles. The van der Waals surface area contributed by atoms with E-state index >= 15 is 0 Å². The highest BCUT2D eigenvalue weighted by molar-refractivity contribution is 7.92. The summed E-state index contributed by atoms with van der Waals surface area (Å²) in [6, 6.07) is 13.3. The zero-order valence-electron chi connectivity index (χ0n) is 15.8. The average Bonchev–Trinajstić information content (AvgIpc) is 2.67. The first-order valence-electron chi connectivity index (χ1n) is 8.14. The Balaban J connectivity index is 2.39. The second-order valence-corrected chi connectivity index (χ2v) is 9.38. The van der Waals surface area contributed by atoms with Crippen LogP contribution in [0.4, 0.5) is 17.1 Å². The van der Waals surface area contributed by atoms with Crippen molar-refractivity contribution in [2.24, 2.45) is 0 Å². The molecule has 0 radical (unpaired) electrons. The first kappa shape index (κ1) is 23.0. The van der Waals surface area contributed by atoms with Crippen LogP contribution in [-0.4, -0.2) is 28.2 Å². The molecular weight excluding hydrogens is 444 g/mol. The normalized spacial score (nSPS) is 10.6. The van der Waals surface area contributed by atoms with Crippen molar-refractivity contribution in [2.75, 3.05) is 21.0 Å². The maximum absolute atomic E-state index is 12.7. The first-order valence-corrected chi connectivity index (χ1v) is 11.5. The predicted molar refractivity (Wildman–Crippen MR) is 111 cm³/mol. The van der Waals surface area contributed by atoms with Crippen LogP contribution in [0.2, 0.25) is 0 Å². The molecule has 158 valence electrons. The average molecular weight is 458 g/mol. The number of anilines is 3. The van der Waals surface area contributed by atoms with Crippen LogP contribution < -0.4 is 14.8 Å². The minimum absolute atomic E-state index is 0.0603. The molecule has 0 aliphatic carbocycles. The van der Waals surface area contributed by atoms with Crippen LogP contribution in [-0.2, 0) is 20.0 Å². The zero-order valence-corrected chi connectivity index (χ0v) is 17.4. The van der Waals surface area contributed by atoms with E-state index in [4.69, 9.17) is 15.8 Å². The molecule has 0 aromatic heterocycles. The minimum atomic E-state index is -4.19. The van der Waals surface area contributed by atoms with E-state index in [0.29, 0.717) is 0 Å². The summed E-state index contributed by atoms with van der Waals surface area (Å²) >= 11 is 0. The molecule has 31 heavy (non-hydrogen) atoms. The fourth-order valence-electron chi connectivity index (χ4n) is 2.27. The van der Waals surface area contributed by atoms with Crippen molar-refractivity contribution in [3.63, 3.8) is 0 Å². The molecule has 0 saturated heterocycles. The molecule has 0 aliphatic rings. The second-order valence-electron chi connectivity index (χ2n) is 5.95. The molecule has 11 nitrogen and oxygen atoms in total. The van der Waals surface area contributed by atoms with Gasteiger partial charge in [-0.05, 0) is 36.4 Å². The van der Waals surface area contributed by atoms with Crippen LogP contribution in [0.25, 0.3) is 0 Å². The Bertz CT molecular complexity index is 1380. The molecule has 0 heterocycles. The summed E-state index contributed by atoms with van der Waals surface area (Å²) in [5.74, 6) is -0.429. The second kappa shape index (κ2) is 9.05. The summed E-state index contributed by atoms with van der Waals surface area (Å²) in [5.41, 5.74) is -1.05. The number of phenolic OH excluding ortho intramolecular Hbond substituents is 1. The Morgan fingerprint density at radius 2 is 1.52 bits per heavy atom. The molecule has 2 rings (SSSR count). The van der Waals surface area contributed by atoms with Crippen molar-refractivity contribution in [2.45, 2.75) is 4.90 Å². The summed E-state index contributed by atoms with van der Waals surface area (Å²) < 4.78 is 52.6. The molecule has 0 bridgehead atoms. The standard InChI is InChI=1S/C18H14N6O5S2/c1-30(26,27)23-13-3-2-4-14(7-13)24-31(28,29)15-5-6-18(25)16(8-15)22-17(11-21)12(9-19)10-20/h2-8,22-25H,1H3. The fraction of sp³-hybridized carbons (Fsp3) is 0.0556.